The first kappa shape index (κ1) is 26.3. The van der Waals surface area contributed by atoms with Gasteiger partial charge in [0.15, 0.2) is 5.82 Å². The van der Waals surface area contributed by atoms with Gasteiger partial charge >= 0.3 is 12.4 Å². The number of hydrogen-bond donors (Lipinski definition) is 1. The van der Waals surface area contributed by atoms with Gasteiger partial charge in [0, 0.05) is 17.8 Å². The molecule has 0 unspecified atom stereocenters. The number of alkyl halides is 6. The zero-order valence-electron chi connectivity index (χ0n) is 18.0. The minimum atomic E-state index is -4.94. The highest BCUT2D eigenvalue weighted by Crippen LogP contribution is 2.40. The number of unbranched alkanes of at least 4 members (excludes halogenated alkanes) is 1. The van der Waals surface area contributed by atoms with Crippen molar-refractivity contribution in [1.82, 2.24) is 25.5 Å². The number of hydrogen-bond acceptors (Lipinski definition) is 7. The van der Waals surface area contributed by atoms with Crippen molar-refractivity contribution < 1.29 is 31.1 Å². The topological polar surface area (TPSA) is 74.8 Å². The number of rotatable bonds is 7. The minimum Gasteiger partial charge on any atom is -0.293 e. The van der Waals surface area contributed by atoms with E-state index in [9.17, 15) is 31.1 Å². The standard InChI is InChI=1S/C21H15F6N5OS3/c22-20(23,24)13-5-11(6-14(8-13)21(25,26)27)12-7-15(35-10-12)9-16-18(33)32(19(34)36-16)4-2-1-3-17-28-30-31-29-17/h5-10H,1-4H2,(H,28,29,30,31)/b16-9-. The van der Waals surface area contributed by atoms with Gasteiger partial charge in [0.05, 0.1) is 16.0 Å². The molecule has 0 saturated carbocycles. The summed E-state index contributed by atoms with van der Waals surface area (Å²) in [4.78, 5) is 15.1. The quantitative estimate of drug-likeness (QED) is 0.160. The minimum absolute atomic E-state index is 0.0876. The van der Waals surface area contributed by atoms with Crippen LogP contribution in [-0.2, 0) is 23.6 Å². The van der Waals surface area contributed by atoms with Crippen LogP contribution in [0.3, 0.4) is 0 Å². The van der Waals surface area contributed by atoms with Crippen molar-refractivity contribution in [3.8, 4) is 11.1 Å². The molecule has 1 aromatic carbocycles. The van der Waals surface area contributed by atoms with E-state index in [0.717, 1.165) is 23.1 Å². The van der Waals surface area contributed by atoms with E-state index in [1.54, 1.807) is 0 Å². The lowest BCUT2D eigenvalue weighted by Gasteiger charge is -2.13. The SMILES string of the molecule is O=C1/C(=C/c2cc(-c3cc(C(F)(F)F)cc(C(F)(F)F)c3)cs2)SC(=S)N1CCCCc1nn[nH]n1. The lowest BCUT2D eigenvalue weighted by Crippen LogP contribution is -2.29. The maximum absolute atomic E-state index is 13.2. The molecule has 0 radical (unpaired) electrons. The molecular weight excluding hydrogens is 548 g/mol. The highest BCUT2D eigenvalue weighted by molar-refractivity contribution is 8.26. The molecule has 1 aliphatic rings. The lowest BCUT2D eigenvalue weighted by atomic mass is 10.0. The average Bonchev–Trinajstić information content (AvgIpc) is 3.53. The summed E-state index contributed by atoms with van der Waals surface area (Å²) in [5.74, 6) is 0.259. The average molecular weight is 564 g/mol. The van der Waals surface area contributed by atoms with Crippen molar-refractivity contribution in [2.45, 2.75) is 31.6 Å². The number of nitrogens with one attached hydrogen (secondary N) is 1. The van der Waals surface area contributed by atoms with E-state index in [1.807, 2.05) is 0 Å². The van der Waals surface area contributed by atoms with Crippen LogP contribution in [0.5, 0.6) is 0 Å². The number of aromatic nitrogens is 4. The molecule has 1 amide bonds. The zero-order valence-corrected chi connectivity index (χ0v) is 20.4. The number of H-pyrrole nitrogens is 1. The van der Waals surface area contributed by atoms with E-state index >= 15 is 0 Å². The Morgan fingerprint density at radius 1 is 1.00 bits per heavy atom. The largest absolute Gasteiger partial charge is 0.416 e. The van der Waals surface area contributed by atoms with E-state index in [1.165, 1.54) is 22.4 Å². The number of thioether (sulfide) groups is 1. The highest BCUT2D eigenvalue weighted by atomic mass is 32.2. The number of carbonyl (C=O) groups excluding carboxylic acids is 1. The summed E-state index contributed by atoms with van der Waals surface area (Å²) in [6, 6.07) is 2.88. The molecule has 1 fully saturated rings. The Labute approximate surface area is 213 Å². The number of carbonyl (C=O) groups is 1. The van der Waals surface area contributed by atoms with Crippen LogP contribution in [0.4, 0.5) is 26.3 Å². The van der Waals surface area contributed by atoms with Gasteiger partial charge in [0.25, 0.3) is 5.91 Å². The molecule has 1 N–H and O–H groups in total. The summed E-state index contributed by atoms with van der Waals surface area (Å²) < 4.78 is 79.5. The van der Waals surface area contributed by atoms with Gasteiger partial charge < -0.3 is 0 Å². The lowest BCUT2D eigenvalue weighted by molar-refractivity contribution is -0.143. The first-order valence-corrected chi connectivity index (χ1v) is 12.4. The van der Waals surface area contributed by atoms with Crippen LogP contribution < -0.4 is 0 Å². The van der Waals surface area contributed by atoms with Crippen molar-refractivity contribution in [2.75, 3.05) is 6.54 Å². The summed E-state index contributed by atoms with van der Waals surface area (Å²) in [7, 11) is 0. The number of halogens is 6. The third-order valence-corrected chi connectivity index (χ3v) is 7.37. The normalized spacial score (nSPS) is 15.9. The van der Waals surface area contributed by atoms with Crippen LogP contribution in [0.1, 0.15) is 34.7 Å². The Kier molecular flexibility index (Phi) is 7.52. The molecule has 1 aliphatic heterocycles. The molecule has 4 rings (SSSR count). The summed E-state index contributed by atoms with van der Waals surface area (Å²) in [5.41, 5.74) is -2.82. The molecule has 3 heterocycles. The second-order valence-electron chi connectivity index (χ2n) is 7.65. The van der Waals surface area contributed by atoms with E-state index in [-0.39, 0.29) is 23.1 Å². The van der Waals surface area contributed by atoms with Gasteiger partial charge in [-0.15, -0.1) is 21.5 Å². The molecular formula is C21H15F6N5OS3. The van der Waals surface area contributed by atoms with E-state index in [2.05, 4.69) is 20.6 Å². The van der Waals surface area contributed by atoms with Crippen molar-refractivity contribution >= 4 is 51.6 Å². The first-order valence-electron chi connectivity index (χ1n) is 10.3. The van der Waals surface area contributed by atoms with Crippen LogP contribution >= 0.6 is 35.3 Å². The van der Waals surface area contributed by atoms with Crippen molar-refractivity contribution in [1.29, 1.82) is 0 Å². The summed E-state index contributed by atoms with van der Waals surface area (Å²) in [6.07, 6.45) is -6.39. The molecule has 3 aromatic rings. The number of benzene rings is 1. The Morgan fingerprint density at radius 3 is 2.31 bits per heavy atom. The molecule has 0 spiro atoms. The number of thiocarbonyl (C=S) groups is 1. The van der Waals surface area contributed by atoms with E-state index < -0.39 is 23.5 Å². The van der Waals surface area contributed by atoms with E-state index in [4.69, 9.17) is 12.2 Å². The molecule has 0 atom stereocenters. The van der Waals surface area contributed by atoms with Gasteiger partial charge in [0.2, 0.25) is 0 Å². The fourth-order valence-electron chi connectivity index (χ4n) is 3.36. The molecule has 2 aromatic heterocycles. The van der Waals surface area contributed by atoms with Gasteiger partial charge in [-0.25, -0.2) is 0 Å². The number of tetrazole rings is 1. The van der Waals surface area contributed by atoms with Gasteiger partial charge in [-0.1, -0.05) is 29.2 Å². The summed E-state index contributed by atoms with van der Waals surface area (Å²) in [5, 5.41) is 15.0. The second-order valence-corrected chi connectivity index (χ2v) is 10.3. The predicted molar refractivity (Wildman–Crippen MR) is 127 cm³/mol. The molecule has 36 heavy (non-hydrogen) atoms. The molecule has 0 bridgehead atoms. The second kappa shape index (κ2) is 10.3. The fraction of sp³-hybridized carbons (Fsp3) is 0.286. The Morgan fingerprint density at radius 2 is 1.69 bits per heavy atom. The van der Waals surface area contributed by atoms with Gasteiger partial charge in [-0.3, -0.25) is 9.69 Å². The number of nitrogens with zero attached hydrogens (tertiary/aromatic N) is 4. The van der Waals surface area contributed by atoms with E-state index in [0.29, 0.717) is 57.9 Å². The number of thiophene rings is 1. The van der Waals surface area contributed by atoms with Crippen LogP contribution in [-0.4, -0.2) is 42.3 Å². The number of aromatic amines is 1. The maximum Gasteiger partial charge on any atom is 0.416 e. The van der Waals surface area contributed by atoms with Crippen LogP contribution in [0, 0.1) is 0 Å². The smallest absolute Gasteiger partial charge is 0.293 e. The molecule has 1 saturated heterocycles. The summed E-state index contributed by atoms with van der Waals surface area (Å²) in [6.45, 7) is 0.389. The Hall–Kier alpha value is -2.78. The van der Waals surface area contributed by atoms with Crippen molar-refractivity contribution in [2.24, 2.45) is 0 Å². The molecule has 15 heteroatoms. The van der Waals surface area contributed by atoms with Crippen molar-refractivity contribution in [3.63, 3.8) is 0 Å². The molecule has 190 valence electrons. The summed E-state index contributed by atoms with van der Waals surface area (Å²) >= 11 is 7.48. The van der Waals surface area contributed by atoms with Crippen LogP contribution in [0.2, 0.25) is 0 Å². The maximum atomic E-state index is 13.2. The Balaban J connectivity index is 1.49. The van der Waals surface area contributed by atoms with Gasteiger partial charge in [-0.2, -0.15) is 31.6 Å². The Bertz CT molecular complexity index is 1270. The first-order chi connectivity index (χ1) is 16.9. The highest BCUT2D eigenvalue weighted by Gasteiger charge is 2.37. The third-order valence-electron chi connectivity index (χ3n) is 5.11. The number of aryl methyl sites for hydroxylation is 1. The van der Waals surface area contributed by atoms with Crippen LogP contribution in [0.25, 0.3) is 17.2 Å². The zero-order chi connectivity index (χ0) is 26.1. The van der Waals surface area contributed by atoms with Gasteiger partial charge in [-0.05, 0) is 59.7 Å². The predicted octanol–water partition coefficient (Wildman–Crippen LogP) is 6.19. The third kappa shape index (κ3) is 6.13. The molecule has 6 nitrogen and oxygen atoms in total. The monoisotopic (exact) mass is 563 g/mol. The fourth-order valence-corrected chi connectivity index (χ4v) is 5.59. The van der Waals surface area contributed by atoms with Gasteiger partial charge in [0.1, 0.15) is 4.32 Å². The number of amides is 1. The van der Waals surface area contributed by atoms with Crippen molar-refractivity contribution in [3.05, 3.63) is 56.4 Å². The van der Waals surface area contributed by atoms with Crippen LogP contribution in [0.15, 0.2) is 34.6 Å². The molecule has 0 aliphatic carbocycles.